The van der Waals surface area contributed by atoms with Gasteiger partial charge in [-0.3, -0.25) is 0 Å². The van der Waals surface area contributed by atoms with Crippen LogP contribution in [0.4, 0.5) is 0 Å². The minimum absolute atomic E-state index is 0.0267. The zero-order valence-electron chi connectivity index (χ0n) is 12.2. The Morgan fingerprint density at radius 1 is 1.00 bits per heavy atom. The summed E-state index contributed by atoms with van der Waals surface area (Å²) in [6, 6.07) is 0.824. The molecule has 4 bridgehead atoms. The molecule has 2 heteroatoms. The van der Waals surface area contributed by atoms with E-state index in [0.717, 1.165) is 42.7 Å². The second-order valence-corrected chi connectivity index (χ2v) is 7.62. The van der Waals surface area contributed by atoms with Gasteiger partial charge in [0.15, 0.2) is 0 Å². The first-order chi connectivity index (χ1) is 8.57. The standard InChI is InChI=1S/C16H29NO/c1-16(2,18-3)4-5-17-15-13-7-11-6-12(9-13)10-14(15)8-11/h11-15,17H,4-10H2,1-3H3. The quantitative estimate of drug-likeness (QED) is 0.810. The van der Waals surface area contributed by atoms with Crippen molar-refractivity contribution < 1.29 is 4.74 Å². The molecule has 0 aromatic carbocycles. The van der Waals surface area contributed by atoms with E-state index in [2.05, 4.69) is 19.2 Å². The molecule has 4 fully saturated rings. The van der Waals surface area contributed by atoms with Crippen molar-refractivity contribution >= 4 is 0 Å². The lowest BCUT2D eigenvalue weighted by atomic mass is 9.54. The number of methoxy groups -OCH3 is 1. The molecule has 0 atom stereocenters. The highest BCUT2D eigenvalue weighted by atomic mass is 16.5. The highest BCUT2D eigenvalue weighted by molar-refractivity contribution is 5.01. The summed E-state index contributed by atoms with van der Waals surface area (Å²) in [6.07, 6.45) is 8.72. The van der Waals surface area contributed by atoms with Crippen LogP contribution in [-0.4, -0.2) is 25.3 Å². The third-order valence-electron chi connectivity index (χ3n) is 5.89. The highest BCUT2D eigenvalue weighted by Gasteiger charge is 2.47. The van der Waals surface area contributed by atoms with Crippen LogP contribution in [0.5, 0.6) is 0 Å². The molecule has 4 aliphatic carbocycles. The molecule has 0 unspecified atom stereocenters. The predicted molar refractivity (Wildman–Crippen MR) is 74.5 cm³/mol. The first-order valence-electron chi connectivity index (χ1n) is 7.86. The maximum atomic E-state index is 5.51. The van der Waals surface area contributed by atoms with Crippen LogP contribution in [-0.2, 0) is 4.74 Å². The van der Waals surface area contributed by atoms with Crippen molar-refractivity contribution in [3.05, 3.63) is 0 Å². The molecule has 4 rings (SSSR count). The summed E-state index contributed by atoms with van der Waals surface area (Å²) in [7, 11) is 1.82. The number of nitrogens with one attached hydrogen (secondary N) is 1. The molecule has 0 aromatic rings. The van der Waals surface area contributed by atoms with Gasteiger partial charge in [0.05, 0.1) is 5.60 Å². The van der Waals surface area contributed by atoms with Crippen LogP contribution in [0.15, 0.2) is 0 Å². The van der Waals surface area contributed by atoms with E-state index in [1.165, 1.54) is 25.7 Å². The zero-order valence-corrected chi connectivity index (χ0v) is 12.2. The van der Waals surface area contributed by atoms with Gasteiger partial charge in [-0.2, -0.15) is 0 Å². The van der Waals surface area contributed by atoms with Crippen LogP contribution in [0.3, 0.4) is 0 Å². The average molecular weight is 251 g/mol. The number of hydrogen-bond acceptors (Lipinski definition) is 2. The smallest absolute Gasteiger partial charge is 0.0634 e. The minimum Gasteiger partial charge on any atom is -0.379 e. The zero-order chi connectivity index (χ0) is 12.8. The van der Waals surface area contributed by atoms with E-state index in [9.17, 15) is 0 Å². The van der Waals surface area contributed by atoms with E-state index < -0.39 is 0 Å². The fourth-order valence-corrected chi connectivity index (χ4v) is 4.90. The monoisotopic (exact) mass is 251 g/mol. The van der Waals surface area contributed by atoms with Crippen molar-refractivity contribution in [1.29, 1.82) is 0 Å². The molecular formula is C16H29NO. The number of rotatable bonds is 5. The Hall–Kier alpha value is -0.0800. The Morgan fingerprint density at radius 2 is 1.56 bits per heavy atom. The van der Waals surface area contributed by atoms with Crippen molar-refractivity contribution in [1.82, 2.24) is 5.32 Å². The summed E-state index contributed by atoms with van der Waals surface area (Å²) >= 11 is 0. The lowest BCUT2D eigenvalue weighted by Crippen LogP contribution is -2.55. The van der Waals surface area contributed by atoms with Crippen LogP contribution in [0.2, 0.25) is 0 Å². The first-order valence-corrected chi connectivity index (χ1v) is 7.86. The Kier molecular flexibility index (Phi) is 3.44. The van der Waals surface area contributed by atoms with E-state index >= 15 is 0 Å². The normalized spacial score (nSPS) is 42.5. The Balaban J connectivity index is 1.51. The van der Waals surface area contributed by atoms with Crippen molar-refractivity contribution in [2.45, 2.75) is 64.0 Å². The van der Waals surface area contributed by atoms with Gasteiger partial charge in [0.25, 0.3) is 0 Å². The molecule has 0 aliphatic heterocycles. The van der Waals surface area contributed by atoms with Crippen LogP contribution >= 0.6 is 0 Å². The third kappa shape index (κ3) is 2.46. The molecule has 0 saturated heterocycles. The van der Waals surface area contributed by atoms with Gasteiger partial charge >= 0.3 is 0 Å². The summed E-state index contributed by atoms with van der Waals surface area (Å²) in [5.74, 6) is 4.15. The Bertz CT molecular complexity index is 271. The molecular weight excluding hydrogens is 222 g/mol. The lowest BCUT2D eigenvalue weighted by molar-refractivity contribution is -0.0200. The van der Waals surface area contributed by atoms with Gasteiger partial charge in [-0.15, -0.1) is 0 Å². The maximum Gasteiger partial charge on any atom is 0.0634 e. The van der Waals surface area contributed by atoms with Crippen molar-refractivity contribution in [2.75, 3.05) is 13.7 Å². The molecule has 0 amide bonds. The SMILES string of the molecule is COC(C)(C)CCNC1C2CC3CC(C2)CC1C3. The molecule has 0 radical (unpaired) electrons. The van der Waals surface area contributed by atoms with Crippen molar-refractivity contribution in [2.24, 2.45) is 23.7 Å². The Labute approximate surface area is 112 Å². The van der Waals surface area contributed by atoms with E-state index in [1.54, 1.807) is 6.42 Å². The molecule has 2 nitrogen and oxygen atoms in total. The van der Waals surface area contributed by atoms with Gasteiger partial charge in [0, 0.05) is 13.2 Å². The van der Waals surface area contributed by atoms with Crippen LogP contribution < -0.4 is 5.32 Å². The van der Waals surface area contributed by atoms with Crippen LogP contribution in [0.25, 0.3) is 0 Å². The summed E-state index contributed by atoms with van der Waals surface area (Å²) in [5, 5.41) is 3.88. The molecule has 4 aliphatic rings. The van der Waals surface area contributed by atoms with Crippen molar-refractivity contribution in [3.63, 3.8) is 0 Å². The molecule has 4 saturated carbocycles. The molecule has 1 N–H and O–H groups in total. The van der Waals surface area contributed by atoms with Crippen LogP contribution in [0.1, 0.15) is 52.4 Å². The largest absolute Gasteiger partial charge is 0.379 e. The van der Waals surface area contributed by atoms with E-state index in [4.69, 9.17) is 4.74 Å². The highest BCUT2D eigenvalue weighted by Crippen LogP contribution is 2.53. The van der Waals surface area contributed by atoms with Crippen LogP contribution in [0, 0.1) is 23.7 Å². The third-order valence-corrected chi connectivity index (χ3v) is 5.89. The summed E-state index contributed by atoms with van der Waals surface area (Å²) in [6.45, 7) is 5.49. The van der Waals surface area contributed by atoms with Gasteiger partial charge < -0.3 is 10.1 Å². The van der Waals surface area contributed by atoms with Gasteiger partial charge in [-0.25, -0.2) is 0 Å². The van der Waals surface area contributed by atoms with E-state index in [1.807, 2.05) is 7.11 Å². The minimum atomic E-state index is 0.0267. The molecule has 0 spiro atoms. The second kappa shape index (κ2) is 4.79. The first kappa shape index (κ1) is 12.9. The van der Waals surface area contributed by atoms with Gasteiger partial charge in [-0.1, -0.05) is 0 Å². The molecule has 104 valence electrons. The van der Waals surface area contributed by atoms with E-state index in [0.29, 0.717) is 0 Å². The van der Waals surface area contributed by atoms with Gasteiger partial charge in [0.2, 0.25) is 0 Å². The Morgan fingerprint density at radius 3 is 2.06 bits per heavy atom. The maximum absolute atomic E-state index is 5.51. The summed E-state index contributed by atoms with van der Waals surface area (Å²) in [5.41, 5.74) is 0.0267. The molecule has 0 heterocycles. The van der Waals surface area contributed by atoms with Gasteiger partial charge in [-0.05, 0) is 82.6 Å². The topological polar surface area (TPSA) is 21.3 Å². The number of ether oxygens (including phenoxy) is 1. The molecule has 0 aromatic heterocycles. The molecule has 18 heavy (non-hydrogen) atoms. The predicted octanol–water partition coefficient (Wildman–Crippen LogP) is 3.22. The lowest BCUT2D eigenvalue weighted by Gasteiger charge is -2.54. The summed E-state index contributed by atoms with van der Waals surface area (Å²) < 4.78 is 5.51. The second-order valence-electron chi connectivity index (χ2n) is 7.62. The van der Waals surface area contributed by atoms with Crippen molar-refractivity contribution in [3.8, 4) is 0 Å². The summed E-state index contributed by atoms with van der Waals surface area (Å²) in [4.78, 5) is 0. The fraction of sp³-hybridized carbons (Fsp3) is 1.00. The van der Waals surface area contributed by atoms with E-state index in [-0.39, 0.29) is 5.60 Å². The average Bonchev–Trinajstić information content (AvgIpc) is 2.32. The van der Waals surface area contributed by atoms with Gasteiger partial charge in [0.1, 0.15) is 0 Å². The fourth-order valence-electron chi connectivity index (χ4n) is 4.90. The number of hydrogen-bond donors (Lipinski definition) is 1.